The monoisotopic (exact) mass is 380 g/mol. The van der Waals surface area contributed by atoms with Crippen molar-refractivity contribution in [3.8, 4) is 0 Å². The highest BCUT2D eigenvalue weighted by molar-refractivity contribution is 4.97. The Labute approximate surface area is 163 Å². The molecule has 0 aromatic carbocycles. The predicted octanol–water partition coefficient (Wildman–Crippen LogP) is -0.535. The van der Waals surface area contributed by atoms with Crippen molar-refractivity contribution >= 4 is 0 Å². The molecule has 0 bridgehead atoms. The minimum absolute atomic E-state index is 0.0258. The van der Waals surface area contributed by atoms with Crippen LogP contribution in [0.3, 0.4) is 0 Å². The molecule has 7 unspecified atom stereocenters. The molecule has 0 aromatic heterocycles. The summed E-state index contributed by atoms with van der Waals surface area (Å²) < 4.78 is 1.27. The molecule has 4 fully saturated rings. The fourth-order valence-electron chi connectivity index (χ4n) is 5.39. The second-order valence-corrected chi connectivity index (χ2v) is 9.10. The summed E-state index contributed by atoms with van der Waals surface area (Å²) >= 11 is 0. The van der Waals surface area contributed by atoms with E-state index in [1.165, 1.54) is 11.2 Å². The molecule has 0 aromatic rings. The quantitative estimate of drug-likeness (QED) is 0.489. The van der Waals surface area contributed by atoms with Gasteiger partial charge >= 0.3 is 0 Å². The van der Waals surface area contributed by atoms with Crippen LogP contribution in [0, 0.1) is 4.91 Å². The Bertz CT molecular complexity index is 526. The van der Waals surface area contributed by atoms with Crippen LogP contribution in [0.15, 0.2) is 0 Å². The molecule has 8 nitrogen and oxygen atoms in total. The number of hydrazine groups is 1. The zero-order valence-electron chi connectivity index (χ0n) is 17.2. The first-order chi connectivity index (χ1) is 13.0. The third-order valence-corrected chi connectivity index (χ3v) is 7.15. The van der Waals surface area contributed by atoms with E-state index in [9.17, 15) is 4.91 Å². The Morgan fingerprint density at radius 2 is 1.93 bits per heavy atom. The highest BCUT2D eigenvalue weighted by atomic mass is 16.3. The van der Waals surface area contributed by atoms with Gasteiger partial charge in [-0.3, -0.25) is 4.90 Å². The van der Waals surface area contributed by atoms with Gasteiger partial charge in [-0.1, -0.05) is 0 Å². The van der Waals surface area contributed by atoms with Crippen LogP contribution in [0.1, 0.15) is 40.0 Å². The minimum Gasteiger partial charge on any atom is -0.314 e. The van der Waals surface area contributed by atoms with Crippen molar-refractivity contribution in [1.82, 2.24) is 31.3 Å². The number of hydrogen-bond donors (Lipinski definition) is 4. The first-order valence-corrected chi connectivity index (χ1v) is 11.0. The first-order valence-electron chi connectivity index (χ1n) is 11.0. The Hall–Kier alpha value is -0.640. The average Bonchev–Trinajstić information content (AvgIpc) is 2.97. The summed E-state index contributed by atoms with van der Waals surface area (Å²) in [4.78, 5) is 14.8. The zero-order valence-corrected chi connectivity index (χ0v) is 17.2. The Morgan fingerprint density at radius 1 is 1.15 bits per heavy atom. The van der Waals surface area contributed by atoms with Crippen LogP contribution < -0.4 is 21.4 Å². The van der Waals surface area contributed by atoms with Gasteiger partial charge in [-0.2, -0.15) is 5.01 Å². The Morgan fingerprint density at radius 3 is 2.67 bits per heavy atom. The van der Waals surface area contributed by atoms with Crippen LogP contribution in [0.2, 0.25) is 0 Å². The van der Waals surface area contributed by atoms with E-state index in [0.29, 0.717) is 30.2 Å². The summed E-state index contributed by atoms with van der Waals surface area (Å²) in [5, 5.41) is 13.3. The van der Waals surface area contributed by atoms with Crippen molar-refractivity contribution < 1.29 is 4.76 Å². The molecule has 4 rings (SSSR count). The molecule has 27 heavy (non-hydrogen) atoms. The molecule has 4 N–H and O–H groups in total. The minimum atomic E-state index is 0.0258. The van der Waals surface area contributed by atoms with Crippen molar-refractivity contribution in [1.29, 1.82) is 0 Å². The maximum atomic E-state index is 12.1. The van der Waals surface area contributed by atoms with E-state index in [1.807, 2.05) is 6.92 Å². The highest BCUT2D eigenvalue weighted by Crippen LogP contribution is 2.25. The lowest BCUT2D eigenvalue weighted by Gasteiger charge is -2.44. The number of nitrogens with zero attached hydrogens (tertiary/aromatic N) is 3. The number of nitroso groups, excluding NO2 is 1. The fourth-order valence-corrected chi connectivity index (χ4v) is 5.39. The molecule has 0 saturated carbocycles. The normalized spacial score (nSPS) is 42.9. The van der Waals surface area contributed by atoms with E-state index >= 15 is 0 Å². The van der Waals surface area contributed by atoms with Crippen LogP contribution in [0.5, 0.6) is 0 Å². The standard InChI is InChI=1S/C19H38N7O/c1-13(24-8-6-20-7-9-24)10-17-15(3)22-18(11-21-17)16-4-5-19-25(23-16)12-14(2)26(19)27/h13-23H,4-12H2,1-3H3/q+1. The third kappa shape index (κ3) is 4.21. The van der Waals surface area contributed by atoms with Gasteiger partial charge < -0.3 is 16.0 Å². The van der Waals surface area contributed by atoms with E-state index in [4.69, 9.17) is 0 Å². The van der Waals surface area contributed by atoms with Crippen LogP contribution in [0.25, 0.3) is 0 Å². The first kappa shape index (κ1) is 19.7. The maximum Gasteiger partial charge on any atom is 0.269 e. The summed E-state index contributed by atoms with van der Waals surface area (Å²) in [7, 11) is 0. The Kier molecular flexibility index (Phi) is 6.11. The van der Waals surface area contributed by atoms with Gasteiger partial charge in [0.05, 0.1) is 6.54 Å². The molecule has 4 heterocycles. The molecule has 0 aliphatic carbocycles. The molecule has 4 aliphatic rings. The lowest BCUT2D eigenvalue weighted by Crippen LogP contribution is -2.68. The van der Waals surface area contributed by atoms with Crippen molar-refractivity contribution in [3.63, 3.8) is 0 Å². The molecule has 154 valence electrons. The maximum absolute atomic E-state index is 12.1. The smallest absolute Gasteiger partial charge is 0.269 e. The van der Waals surface area contributed by atoms with Crippen molar-refractivity contribution in [2.45, 2.75) is 82.5 Å². The summed E-state index contributed by atoms with van der Waals surface area (Å²) in [6.07, 6.45) is 3.23. The highest BCUT2D eigenvalue weighted by Gasteiger charge is 2.49. The van der Waals surface area contributed by atoms with Crippen molar-refractivity contribution in [2.24, 2.45) is 0 Å². The van der Waals surface area contributed by atoms with E-state index in [0.717, 1.165) is 52.1 Å². The topological polar surface area (TPSA) is 74.7 Å². The molecule has 8 heteroatoms. The van der Waals surface area contributed by atoms with E-state index < -0.39 is 0 Å². The summed E-state index contributed by atoms with van der Waals surface area (Å²) in [5.74, 6) is 0. The number of hydrogen-bond acceptors (Lipinski definition) is 7. The van der Waals surface area contributed by atoms with Crippen molar-refractivity contribution in [2.75, 3.05) is 39.3 Å². The molecule has 7 atom stereocenters. The van der Waals surface area contributed by atoms with Crippen molar-refractivity contribution in [3.05, 3.63) is 4.91 Å². The van der Waals surface area contributed by atoms with Gasteiger partial charge in [0, 0.05) is 85.9 Å². The summed E-state index contributed by atoms with van der Waals surface area (Å²) in [6.45, 7) is 13.1. The van der Waals surface area contributed by atoms with Crippen LogP contribution in [0.4, 0.5) is 0 Å². The van der Waals surface area contributed by atoms with Gasteiger partial charge in [0.25, 0.3) is 6.17 Å². The van der Waals surface area contributed by atoms with Crippen LogP contribution in [-0.4, -0.2) is 96.4 Å². The lowest BCUT2D eigenvalue weighted by molar-refractivity contribution is -0.608. The van der Waals surface area contributed by atoms with E-state index in [2.05, 4.69) is 45.1 Å². The Balaban J connectivity index is 1.27. The summed E-state index contributed by atoms with van der Waals surface area (Å²) in [5.41, 5.74) is 3.65. The van der Waals surface area contributed by atoms with Gasteiger partial charge in [0.15, 0.2) is 0 Å². The fraction of sp³-hybridized carbons (Fsp3) is 1.00. The van der Waals surface area contributed by atoms with Gasteiger partial charge in [-0.05, 0) is 26.7 Å². The molecular formula is C19H38N7O+. The predicted molar refractivity (Wildman–Crippen MR) is 106 cm³/mol. The molecule has 4 saturated heterocycles. The molecule has 0 amide bonds. The van der Waals surface area contributed by atoms with Gasteiger partial charge in [-0.15, -0.1) is 0 Å². The van der Waals surface area contributed by atoms with Gasteiger partial charge in [0.2, 0.25) is 6.04 Å². The summed E-state index contributed by atoms with van der Waals surface area (Å²) in [6, 6.07) is 2.51. The molecule has 0 radical (unpaired) electrons. The number of fused-ring (bicyclic) bond motifs is 1. The zero-order chi connectivity index (χ0) is 19.0. The van der Waals surface area contributed by atoms with E-state index in [-0.39, 0.29) is 12.2 Å². The van der Waals surface area contributed by atoms with Crippen LogP contribution >= 0.6 is 0 Å². The second kappa shape index (κ2) is 8.39. The third-order valence-electron chi connectivity index (χ3n) is 7.15. The molecule has 4 aliphatic heterocycles. The lowest BCUT2D eigenvalue weighted by atomic mass is 9.92. The van der Waals surface area contributed by atoms with Crippen LogP contribution in [-0.2, 0) is 0 Å². The average molecular weight is 381 g/mol. The number of rotatable bonds is 4. The molecular weight excluding hydrogens is 342 g/mol. The SMILES string of the molecule is CC1NC(C2CCC3N(CC(C)[N+]3=O)N2)CNC1CC(C)N1CCNCC1. The van der Waals surface area contributed by atoms with E-state index in [1.54, 1.807) is 0 Å². The second-order valence-electron chi connectivity index (χ2n) is 9.10. The van der Waals surface area contributed by atoms with Gasteiger partial charge in [-0.25, -0.2) is 5.43 Å². The number of nitrogens with one attached hydrogen (secondary N) is 4. The number of piperazine rings is 2. The molecule has 0 spiro atoms. The largest absolute Gasteiger partial charge is 0.314 e. The van der Waals surface area contributed by atoms with Gasteiger partial charge in [0.1, 0.15) is 0 Å².